The van der Waals surface area contributed by atoms with Gasteiger partial charge >= 0.3 is 0 Å². The van der Waals surface area contributed by atoms with Crippen molar-refractivity contribution in [3.63, 3.8) is 0 Å². The molecule has 0 radical (unpaired) electrons. The molecule has 0 heterocycles. The molecule has 0 atom stereocenters. The number of hydrogen-bond donors (Lipinski definition) is 1. The minimum absolute atomic E-state index is 0.356. The average molecular weight is 266 g/mol. The van der Waals surface area contributed by atoms with Gasteiger partial charge in [0.15, 0.2) is 0 Å². The first-order chi connectivity index (χ1) is 9.41. The van der Waals surface area contributed by atoms with E-state index in [1.807, 2.05) is 0 Å². The molecule has 0 amide bonds. The normalized spacial score (nSPS) is 11.9. The maximum atomic E-state index is 8.66. The van der Waals surface area contributed by atoms with Crippen LogP contribution in [0.2, 0.25) is 0 Å². The van der Waals surface area contributed by atoms with Gasteiger partial charge in [-0.3, -0.25) is 0 Å². The van der Waals surface area contributed by atoms with Crippen molar-refractivity contribution in [2.75, 3.05) is 6.61 Å². The smallest absolute Gasteiger partial charge is 0.0431 e. The molecule has 0 saturated heterocycles. The van der Waals surface area contributed by atoms with Crippen LogP contribution in [0.4, 0.5) is 0 Å². The predicted molar refractivity (Wildman–Crippen MR) is 86.4 cm³/mol. The highest BCUT2D eigenvalue weighted by atomic mass is 16.2. The molecule has 0 aliphatic carbocycles. The van der Waals surface area contributed by atoms with Crippen LogP contribution in [0, 0.1) is 0 Å². The zero-order valence-corrected chi connectivity index (χ0v) is 12.9. The molecule has 1 heteroatoms. The highest BCUT2D eigenvalue weighted by Gasteiger charge is 1.89. The summed E-state index contributed by atoms with van der Waals surface area (Å²) in [5.41, 5.74) is 0. The van der Waals surface area contributed by atoms with Gasteiger partial charge in [0.1, 0.15) is 0 Å². The lowest BCUT2D eigenvalue weighted by molar-refractivity contribution is 0.282. The Labute approximate surface area is 120 Å². The highest BCUT2D eigenvalue weighted by molar-refractivity contribution is 4.92. The van der Waals surface area contributed by atoms with Crippen molar-refractivity contribution in [2.24, 2.45) is 0 Å². The Kier molecular flexibility index (Phi) is 16.9. The lowest BCUT2D eigenvalue weighted by Crippen LogP contribution is -1.83. The first-order valence-electron chi connectivity index (χ1n) is 8.32. The number of aliphatic hydroxyl groups is 1. The summed E-state index contributed by atoms with van der Waals surface area (Å²) < 4.78 is 0. The van der Waals surface area contributed by atoms with Crippen LogP contribution in [0.5, 0.6) is 0 Å². The van der Waals surface area contributed by atoms with Crippen molar-refractivity contribution in [3.05, 3.63) is 24.3 Å². The van der Waals surface area contributed by atoms with Crippen LogP contribution in [-0.4, -0.2) is 11.7 Å². The zero-order chi connectivity index (χ0) is 14.0. The number of rotatable bonds is 14. The molecule has 0 aromatic heterocycles. The molecule has 0 aromatic rings. The second kappa shape index (κ2) is 17.4. The summed E-state index contributed by atoms with van der Waals surface area (Å²) in [6, 6.07) is 0. The van der Waals surface area contributed by atoms with Gasteiger partial charge in [0, 0.05) is 6.61 Å². The monoisotopic (exact) mass is 266 g/mol. The summed E-state index contributed by atoms with van der Waals surface area (Å²) in [6.45, 7) is 2.60. The second-order valence-electron chi connectivity index (χ2n) is 5.31. The molecular weight excluding hydrogens is 232 g/mol. The third kappa shape index (κ3) is 17.4. The fraction of sp³-hybridized carbons (Fsp3) is 0.778. The molecule has 19 heavy (non-hydrogen) atoms. The van der Waals surface area contributed by atoms with Crippen LogP contribution in [0.25, 0.3) is 0 Å². The number of allylic oxidation sites excluding steroid dienone is 4. The van der Waals surface area contributed by atoms with E-state index in [1.54, 1.807) is 0 Å². The SMILES string of the molecule is CCCCC/C=C\C/C=C/CCCCCCCCO. The van der Waals surface area contributed by atoms with E-state index in [1.165, 1.54) is 64.2 Å². The van der Waals surface area contributed by atoms with Crippen LogP contribution < -0.4 is 0 Å². The van der Waals surface area contributed by atoms with Crippen molar-refractivity contribution in [3.8, 4) is 0 Å². The van der Waals surface area contributed by atoms with E-state index >= 15 is 0 Å². The number of aliphatic hydroxyl groups excluding tert-OH is 1. The molecule has 0 saturated carbocycles. The summed E-state index contributed by atoms with van der Waals surface area (Å²) >= 11 is 0. The molecule has 1 nitrogen and oxygen atoms in total. The lowest BCUT2D eigenvalue weighted by atomic mass is 10.1. The highest BCUT2D eigenvalue weighted by Crippen LogP contribution is 2.07. The molecule has 1 N–H and O–H groups in total. The minimum atomic E-state index is 0.356. The Hall–Kier alpha value is -0.560. The molecule has 0 aliphatic heterocycles. The van der Waals surface area contributed by atoms with Gasteiger partial charge in [-0.2, -0.15) is 0 Å². The van der Waals surface area contributed by atoms with Crippen molar-refractivity contribution in [2.45, 2.75) is 84.0 Å². The van der Waals surface area contributed by atoms with Crippen molar-refractivity contribution in [1.82, 2.24) is 0 Å². The molecule has 0 bridgehead atoms. The van der Waals surface area contributed by atoms with E-state index in [9.17, 15) is 0 Å². The van der Waals surface area contributed by atoms with Gasteiger partial charge in [-0.1, -0.05) is 69.8 Å². The second-order valence-corrected chi connectivity index (χ2v) is 5.31. The quantitative estimate of drug-likeness (QED) is 0.311. The fourth-order valence-corrected chi connectivity index (χ4v) is 2.10. The van der Waals surface area contributed by atoms with E-state index in [0.29, 0.717) is 6.61 Å². The molecule has 112 valence electrons. The van der Waals surface area contributed by atoms with Crippen LogP contribution in [0.1, 0.15) is 84.0 Å². The molecule has 0 aromatic carbocycles. The third-order valence-corrected chi connectivity index (χ3v) is 3.36. The Morgan fingerprint density at radius 1 is 0.632 bits per heavy atom. The van der Waals surface area contributed by atoms with E-state index in [-0.39, 0.29) is 0 Å². The standard InChI is InChI=1S/C18H34O/c1-2-3-4-5-6-7-8-9-10-11-12-13-14-15-16-17-18-19/h6-7,9-10,19H,2-5,8,11-18H2,1H3/b7-6-,10-9+. The van der Waals surface area contributed by atoms with E-state index in [4.69, 9.17) is 5.11 Å². The van der Waals surface area contributed by atoms with E-state index in [0.717, 1.165) is 12.8 Å². The molecule has 0 aliphatic rings. The summed E-state index contributed by atoms with van der Waals surface area (Å²) in [7, 11) is 0. The van der Waals surface area contributed by atoms with Gasteiger partial charge in [-0.15, -0.1) is 0 Å². The summed E-state index contributed by atoms with van der Waals surface area (Å²) in [5.74, 6) is 0. The van der Waals surface area contributed by atoms with Gasteiger partial charge in [0.05, 0.1) is 0 Å². The van der Waals surface area contributed by atoms with Crippen molar-refractivity contribution >= 4 is 0 Å². The van der Waals surface area contributed by atoms with Gasteiger partial charge in [-0.25, -0.2) is 0 Å². The van der Waals surface area contributed by atoms with Gasteiger partial charge < -0.3 is 5.11 Å². The Bertz CT molecular complexity index is 206. The lowest BCUT2D eigenvalue weighted by Gasteiger charge is -1.98. The molecular formula is C18H34O. The Balaban J connectivity index is 3.12. The minimum Gasteiger partial charge on any atom is -0.396 e. The fourth-order valence-electron chi connectivity index (χ4n) is 2.10. The van der Waals surface area contributed by atoms with Crippen LogP contribution in [0.15, 0.2) is 24.3 Å². The topological polar surface area (TPSA) is 20.2 Å². The van der Waals surface area contributed by atoms with Gasteiger partial charge in [0.25, 0.3) is 0 Å². The molecule has 0 spiro atoms. The summed E-state index contributed by atoms with van der Waals surface area (Å²) in [5, 5.41) is 8.66. The number of unbranched alkanes of at least 4 members (excludes halogenated alkanes) is 9. The maximum absolute atomic E-state index is 8.66. The molecule has 0 unspecified atom stereocenters. The Morgan fingerprint density at radius 2 is 1.16 bits per heavy atom. The molecule has 0 fully saturated rings. The van der Waals surface area contributed by atoms with Crippen LogP contribution >= 0.6 is 0 Å². The van der Waals surface area contributed by atoms with Gasteiger partial charge in [-0.05, 0) is 38.5 Å². The summed E-state index contributed by atoms with van der Waals surface area (Å²) in [6.07, 6.45) is 24.2. The Morgan fingerprint density at radius 3 is 1.74 bits per heavy atom. The van der Waals surface area contributed by atoms with Crippen molar-refractivity contribution in [1.29, 1.82) is 0 Å². The third-order valence-electron chi connectivity index (χ3n) is 3.36. The molecule has 0 rings (SSSR count). The van der Waals surface area contributed by atoms with Gasteiger partial charge in [0.2, 0.25) is 0 Å². The van der Waals surface area contributed by atoms with E-state index in [2.05, 4.69) is 31.2 Å². The summed E-state index contributed by atoms with van der Waals surface area (Å²) in [4.78, 5) is 0. The zero-order valence-electron chi connectivity index (χ0n) is 12.9. The van der Waals surface area contributed by atoms with Crippen LogP contribution in [-0.2, 0) is 0 Å². The van der Waals surface area contributed by atoms with E-state index < -0.39 is 0 Å². The van der Waals surface area contributed by atoms with Crippen LogP contribution in [0.3, 0.4) is 0 Å². The first kappa shape index (κ1) is 18.4. The predicted octanol–water partition coefficient (Wildman–Crippen LogP) is 5.79. The average Bonchev–Trinajstić information content (AvgIpc) is 2.43. The first-order valence-corrected chi connectivity index (χ1v) is 8.32. The largest absolute Gasteiger partial charge is 0.396 e. The maximum Gasteiger partial charge on any atom is 0.0431 e. The number of hydrogen-bond acceptors (Lipinski definition) is 1. The van der Waals surface area contributed by atoms with Crippen molar-refractivity contribution < 1.29 is 5.11 Å².